The molecule has 0 fully saturated rings. The van der Waals surface area contributed by atoms with Crippen LogP contribution in [0.5, 0.6) is 0 Å². The van der Waals surface area contributed by atoms with E-state index in [1.807, 2.05) is 11.3 Å². The van der Waals surface area contributed by atoms with E-state index in [2.05, 4.69) is 158 Å². The highest BCUT2D eigenvalue weighted by Gasteiger charge is 2.35. The Hall–Kier alpha value is -4.60. The van der Waals surface area contributed by atoms with Crippen molar-refractivity contribution in [3.8, 4) is 11.1 Å². The van der Waals surface area contributed by atoms with E-state index in [0.29, 0.717) is 0 Å². The number of fused-ring (bicyclic) bond motifs is 6. The minimum absolute atomic E-state index is 0.0762. The fourth-order valence-corrected chi connectivity index (χ4v) is 7.83. The summed E-state index contributed by atoms with van der Waals surface area (Å²) in [5.41, 5.74) is 8.54. The first-order valence-corrected chi connectivity index (χ1v) is 15.0. The Kier molecular flexibility index (Phi) is 5.29. The van der Waals surface area contributed by atoms with Crippen molar-refractivity contribution in [2.24, 2.45) is 0 Å². The van der Waals surface area contributed by atoms with E-state index in [4.69, 9.17) is 0 Å². The quantitative estimate of drug-likeness (QED) is 0.213. The lowest BCUT2D eigenvalue weighted by Gasteiger charge is -2.46. The molecule has 41 heavy (non-hydrogen) atoms. The van der Waals surface area contributed by atoms with E-state index in [-0.39, 0.29) is 5.54 Å². The molecule has 0 saturated heterocycles. The minimum Gasteiger partial charge on any atom is -0.333 e. The average molecular weight is 547 g/mol. The largest absolute Gasteiger partial charge is 0.333 e. The summed E-state index contributed by atoms with van der Waals surface area (Å²) in [6.45, 7) is 6.86. The Morgan fingerprint density at radius 3 is 1.68 bits per heavy atom. The highest BCUT2D eigenvalue weighted by atomic mass is 32.1. The van der Waals surface area contributed by atoms with Gasteiger partial charge in [0.25, 0.3) is 0 Å². The van der Waals surface area contributed by atoms with Crippen molar-refractivity contribution in [3.05, 3.63) is 127 Å². The molecule has 2 heterocycles. The first-order valence-electron chi connectivity index (χ1n) is 14.2. The molecule has 0 atom stereocenters. The fourth-order valence-electron chi connectivity index (χ4n) is 6.60. The summed E-state index contributed by atoms with van der Waals surface area (Å²) in [5.74, 6) is 0. The molecule has 0 saturated carbocycles. The summed E-state index contributed by atoms with van der Waals surface area (Å²) in [6, 6.07) is 46.7. The van der Waals surface area contributed by atoms with Gasteiger partial charge in [-0.05, 0) is 68.1 Å². The third kappa shape index (κ3) is 3.62. The van der Waals surface area contributed by atoms with Gasteiger partial charge in [0.15, 0.2) is 0 Å². The maximum atomic E-state index is 2.48. The van der Waals surface area contributed by atoms with Crippen LogP contribution < -0.4 is 9.80 Å². The average Bonchev–Trinajstić information content (AvgIpc) is 3.38. The molecule has 2 nitrogen and oxygen atoms in total. The first-order chi connectivity index (χ1) is 20.0. The van der Waals surface area contributed by atoms with Gasteiger partial charge in [0.2, 0.25) is 0 Å². The van der Waals surface area contributed by atoms with Gasteiger partial charge in [0.05, 0.1) is 28.4 Å². The molecule has 0 N–H and O–H groups in total. The van der Waals surface area contributed by atoms with Crippen LogP contribution in [0.1, 0.15) is 20.8 Å². The summed E-state index contributed by atoms with van der Waals surface area (Å²) < 4.78 is 2.68. The number of anilines is 5. The van der Waals surface area contributed by atoms with Gasteiger partial charge in [-0.25, -0.2) is 0 Å². The number of hydrogen-bond donors (Lipinski definition) is 0. The maximum Gasteiger partial charge on any atom is 0.0700 e. The minimum atomic E-state index is -0.0762. The standard InChI is InChI=1S/C38H30N2S/c1-38(2,3)40-34-20-9-7-18-32(34)39(33-19-8-10-21-35(33)40)31-24-23-26(25-13-4-5-14-27(25)31)29-16-12-17-30-28-15-6-11-22-36(28)41-37(29)30/h4-24H,1-3H3. The lowest BCUT2D eigenvalue weighted by atomic mass is 9.94. The number of para-hydroxylation sites is 4. The molecule has 1 aliphatic heterocycles. The zero-order chi connectivity index (χ0) is 27.7. The topological polar surface area (TPSA) is 6.48 Å². The maximum absolute atomic E-state index is 2.48. The van der Waals surface area contributed by atoms with Crippen LogP contribution in [0, 0.1) is 0 Å². The van der Waals surface area contributed by atoms with Crippen LogP contribution >= 0.6 is 11.3 Å². The van der Waals surface area contributed by atoms with Gasteiger partial charge in [0.1, 0.15) is 0 Å². The molecule has 198 valence electrons. The number of thiophene rings is 1. The summed E-state index contributed by atoms with van der Waals surface area (Å²) in [6.07, 6.45) is 0. The van der Waals surface area contributed by atoms with Crippen LogP contribution in [0.2, 0.25) is 0 Å². The molecule has 0 bridgehead atoms. The van der Waals surface area contributed by atoms with Crippen LogP contribution in [-0.4, -0.2) is 5.54 Å². The second-order valence-electron chi connectivity index (χ2n) is 11.8. The van der Waals surface area contributed by atoms with Crippen molar-refractivity contribution in [1.29, 1.82) is 0 Å². The van der Waals surface area contributed by atoms with Crippen molar-refractivity contribution < 1.29 is 0 Å². The van der Waals surface area contributed by atoms with Crippen LogP contribution in [0.25, 0.3) is 42.1 Å². The first kappa shape index (κ1) is 24.2. The second kappa shape index (κ2) is 8.95. The molecule has 0 aliphatic carbocycles. The number of rotatable bonds is 2. The molecule has 8 rings (SSSR count). The summed E-state index contributed by atoms with van der Waals surface area (Å²) in [5, 5.41) is 5.18. The monoisotopic (exact) mass is 546 g/mol. The van der Waals surface area contributed by atoms with Crippen molar-refractivity contribution in [1.82, 2.24) is 0 Å². The molecule has 3 heteroatoms. The molecular weight excluding hydrogens is 516 g/mol. The molecule has 6 aromatic carbocycles. The Labute approximate surface area is 244 Å². The third-order valence-corrected chi connectivity index (χ3v) is 9.45. The Balaban J connectivity index is 1.39. The Morgan fingerprint density at radius 1 is 0.439 bits per heavy atom. The SMILES string of the molecule is CC(C)(C)N1c2ccccc2N(c2ccc(-c3cccc4c3sc3ccccc34)c3ccccc23)c2ccccc21. The summed E-state index contributed by atoms with van der Waals surface area (Å²) in [7, 11) is 0. The second-order valence-corrected chi connectivity index (χ2v) is 12.8. The number of hydrogen-bond acceptors (Lipinski definition) is 3. The van der Waals surface area contributed by atoms with Gasteiger partial charge in [-0.1, -0.05) is 91.0 Å². The van der Waals surface area contributed by atoms with Gasteiger partial charge in [-0.15, -0.1) is 11.3 Å². The van der Waals surface area contributed by atoms with Crippen LogP contribution in [-0.2, 0) is 0 Å². The normalized spacial score (nSPS) is 13.1. The van der Waals surface area contributed by atoms with Gasteiger partial charge in [0, 0.05) is 36.7 Å². The zero-order valence-electron chi connectivity index (χ0n) is 23.4. The van der Waals surface area contributed by atoms with E-state index in [1.54, 1.807) is 0 Å². The highest BCUT2D eigenvalue weighted by molar-refractivity contribution is 7.26. The molecule has 0 unspecified atom stereocenters. The van der Waals surface area contributed by atoms with Crippen molar-refractivity contribution in [2.75, 3.05) is 9.80 Å². The van der Waals surface area contributed by atoms with Gasteiger partial charge in [-0.2, -0.15) is 0 Å². The predicted molar refractivity (Wildman–Crippen MR) is 179 cm³/mol. The van der Waals surface area contributed by atoms with E-state index < -0.39 is 0 Å². The van der Waals surface area contributed by atoms with Crippen molar-refractivity contribution in [2.45, 2.75) is 26.3 Å². The lowest BCUT2D eigenvalue weighted by Crippen LogP contribution is -2.41. The summed E-state index contributed by atoms with van der Waals surface area (Å²) in [4.78, 5) is 4.94. The number of nitrogens with zero attached hydrogens (tertiary/aromatic N) is 2. The Morgan fingerprint density at radius 2 is 1.00 bits per heavy atom. The van der Waals surface area contributed by atoms with E-state index in [1.165, 1.54) is 70.5 Å². The van der Waals surface area contributed by atoms with E-state index in [0.717, 1.165) is 0 Å². The van der Waals surface area contributed by atoms with Gasteiger partial charge < -0.3 is 9.80 Å². The van der Waals surface area contributed by atoms with Crippen molar-refractivity contribution in [3.63, 3.8) is 0 Å². The third-order valence-electron chi connectivity index (χ3n) is 8.23. The number of benzene rings is 6. The van der Waals surface area contributed by atoms with E-state index in [9.17, 15) is 0 Å². The zero-order valence-corrected chi connectivity index (χ0v) is 24.2. The molecule has 7 aromatic rings. The molecule has 1 aromatic heterocycles. The van der Waals surface area contributed by atoms with E-state index >= 15 is 0 Å². The predicted octanol–water partition coefficient (Wildman–Crippen LogP) is 11.6. The molecular formula is C38H30N2S. The highest BCUT2D eigenvalue weighted by Crippen LogP contribution is 2.55. The molecule has 0 amide bonds. The smallest absolute Gasteiger partial charge is 0.0700 e. The van der Waals surface area contributed by atoms with Gasteiger partial charge >= 0.3 is 0 Å². The fraction of sp³-hybridized carbons (Fsp3) is 0.105. The summed E-state index contributed by atoms with van der Waals surface area (Å²) >= 11 is 1.89. The van der Waals surface area contributed by atoms with Crippen LogP contribution in [0.3, 0.4) is 0 Å². The molecule has 0 spiro atoms. The van der Waals surface area contributed by atoms with Crippen LogP contribution in [0.15, 0.2) is 127 Å². The molecule has 1 aliphatic rings. The Bertz CT molecular complexity index is 2070. The lowest BCUT2D eigenvalue weighted by molar-refractivity contribution is 0.559. The molecule has 0 radical (unpaired) electrons. The van der Waals surface area contributed by atoms with Crippen molar-refractivity contribution >= 4 is 70.7 Å². The van der Waals surface area contributed by atoms with Gasteiger partial charge in [-0.3, -0.25) is 0 Å². The van der Waals surface area contributed by atoms with Crippen LogP contribution in [0.4, 0.5) is 28.4 Å².